The van der Waals surface area contributed by atoms with Crippen LogP contribution in [-0.2, 0) is 18.4 Å². The number of halogens is 1. The number of nitrogens with zero attached hydrogens (tertiary/aromatic N) is 1. The highest BCUT2D eigenvalue weighted by atomic mass is 32.1. The molecule has 1 aromatic heterocycles. The first kappa shape index (κ1) is 16.1. The van der Waals surface area contributed by atoms with Crippen LogP contribution < -0.4 is 5.32 Å². The number of aromatic nitrogens is 1. The molecule has 1 heterocycles. The van der Waals surface area contributed by atoms with E-state index in [4.69, 9.17) is 0 Å². The highest BCUT2D eigenvalue weighted by Gasteiger charge is 2.17. The molecule has 2 aromatic rings. The summed E-state index contributed by atoms with van der Waals surface area (Å²) in [4.78, 5) is 4.66. The van der Waals surface area contributed by atoms with Gasteiger partial charge in [-0.25, -0.2) is 9.37 Å². The number of benzene rings is 1. The number of rotatable bonds is 5. The molecule has 0 saturated heterocycles. The van der Waals surface area contributed by atoms with Crippen molar-refractivity contribution < 1.29 is 4.39 Å². The minimum Gasteiger partial charge on any atom is -0.313 e. The van der Waals surface area contributed by atoms with Crippen LogP contribution in [0.15, 0.2) is 23.6 Å². The molecule has 114 valence electrons. The highest BCUT2D eigenvalue weighted by Crippen LogP contribution is 2.25. The SMILES string of the molecule is CCNCc1ccc(Cc2nc(C(C)(C)C)cs2)cc1F. The average molecular weight is 306 g/mol. The predicted octanol–water partition coefficient (Wildman–Crippen LogP) is 4.28. The maximum absolute atomic E-state index is 14.0. The van der Waals surface area contributed by atoms with Crippen molar-refractivity contribution in [1.29, 1.82) is 0 Å². The van der Waals surface area contributed by atoms with Crippen molar-refractivity contribution in [2.75, 3.05) is 6.54 Å². The molecular formula is C17H23FN2S. The van der Waals surface area contributed by atoms with Crippen molar-refractivity contribution >= 4 is 11.3 Å². The van der Waals surface area contributed by atoms with Crippen LogP contribution in [0.25, 0.3) is 0 Å². The van der Waals surface area contributed by atoms with Gasteiger partial charge >= 0.3 is 0 Å². The van der Waals surface area contributed by atoms with Crippen LogP contribution in [0.1, 0.15) is 49.5 Å². The lowest BCUT2D eigenvalue weighted by molar-refractivity contribution is 0.571. The quantitative estimate of drug-likeness (QED) is 0.892. The predicted molar refractivity (Wildman–Crippen MR) is 87.4 cm³/mol. The summed E-state index contributed by atoms with van der Waals surface area (Å²) >= 11 is 1.65. The number of thiazole rings is 1. The monoisotopic (exact) mass is 306 g/mol. The van der Waals surface area contributed by atoms with E-state index in [9.17, 15) is 4.39 Å². The van der Waals surface area contributed by atoms with Gasteiger partial charge in [0, 0.05) is 29.3 Å². The molecule has 0 radical (unpaired) electrons. The lowest BCUT2D eigenvalue weighted by Crippen LogP contribution is -2.13. The molecule has 0 aliphatic heterocycles. The molecule has 0 aliphatic rings. The van der Waals surface area contributed by atoms with E-state index in [0.717, 1.165) is 28.4 Å². The molecule has 0 spiro atoms. The van der Waals surface area contributed by atoms with Crippen LogP contribution in [0.2, 0.25) is 0 Å². The zero-order valence-electron chi connectivity index (χ0n) is 13.2. The Morgan fingerprint density at radius 3 is 2.62 bits per heavy atom. The van der Waals surface area contributed by atoms with E-state index in [1.165, 1.54) is 0 Å². The first-order chi connectivity index (χ1) is 9.90. The molecule has 0 aliphatic carbocycles. The van der Waals surface area contributed by atoms with Crippen LogP contribution in [0.5, 0.6) is 0 Å². The topological polar surface area (TPSA) is 24.9 Å². The van der Waals surface area contributed by atoms with Crippen molar-refractivity contribution in [2.24, 2.45) is 0 Å². The molecule has 0 atom stereocenters. The van der Waals surface area contributed by atoms with Gasteiger partial charge in [0.05, 0.1) is 10.7 Å². The molecule has 2 rings (SSSR count). The Morgan fingerprint density at radius 2 is 2.05 bits per heavy atom. The van der Waals surface area contributed by atoms with E-state index in [-0.39, 0.29) is 11.2 Å². The summed E-state index contributed by atoms with van der Waals surface area (Å²) in [5, 5.41) is 6.29. The van der Waals surface area contributed by atoms with Crippen molar-refractivity contribution in [3.8, 4) is 0 Å². The fraction of sp³-hybridized carbons (Fsp3) is 0.471. The smallest absolute Gasteiger partial charge is 0.127 e. The molecule has 0 bridgehead atoms. The molecule has 0 saturated carbocycles. The Morgan fingerprint density at radius 1 is 1.29 bits per heavy atom. The van der Waals surface area contributed by atoms with E-state index in [0.29, 0.717) is 13.0 Å². The second-order valence-corrected chi connectivity index (χ2v) is 7.20. The fourth-order valence-electron chi connectivity index (χ4n) is 2.01. The van der Waals surface area contributed by atoms with Crippen LogP contribution in [0.3, 0.4) is 0 Å². The second kappa shape index (κ2) is 6.67. The second-order valence-electron chi connectivity index (χ2n) is 6.26. The normalized spacial score (nSPS) is 11.9. The molecule has 1 N–H and O–H groups in total. The van der Waals surface area contributed by atoms with Gasteiger partial charge in [-0.05, 0) is 18.2 Å². The van der Waals surface area contributed by atoms with Crippen LogP contribution in [-0.4, -0.2) is 11.5 Å². The van der Waals surface area contributed by atoms with Gasteiger partial charge in [0.2, 0.25) is 0 Å². The highest BCUT2D eigenvalue weighted by molar-refractivity contribution is 7.09. The van der Waals surface area contributed by atoms with E-state index >= 15 is 0 Å². The molecule has 4 heteroatoms. The van der Waals surface area contributed by atoms with Gasteiger partial charge in [0.1, 0.15) is 5.82 Å². The summed E-state index contributed by atoms with van der Waals surface area (Å²) in [6, 6.07) is 5.49. The van der Waals surface area contributed by atoms with Crippen LogP contribution >= 0.6 is 11.3 Å². The van der Waals surface area contributed by atoms with Crippen molar-refractivity contribution in [1.82, 2.24) is 10.3 Å². The van der Waals surface area contributed by atoms with E-state index in [1.807, 2.05) is 19.1 Å². The Labute approximate surface area is 130 Å². The van der Waals surface area contributed by atoms with Gasteiger partial charge in [-0.2, -0.15) is 0 Å². The fourth-order valence-corrected chi connectivity index (χ4v) is 3.07. The number of hydrogen-bond acceptors (Lipinski definition) is 3. The van der Waals surface area contributed by atoms with E-state index in [2.05, 4.69) is 36.5 Å². The summed E-state index contributed by atoms with van der Waals surface area (Å²) < 4.78 is 14.0. The van der Waals surface area contributed by atoms with Crippen LogP contribution in [0, 0.1) is 5.82 Å². The summed E-state index contributed by atoms with van der Waals surface area (Å²) in [5.74, 6) is -0.138. The summed E-state index contributed by atoms with van der Waals surface area (Å²) in [6.45, 7) is 9.90. The minimum atomic E-state index is -0.138. The van der Waals surface area contributed by atoms with Gasteiger partial charge in [-0.3, -0.25) is 0 Å². The largest absolute Gasteiger partial charge is 0.313 e. The standard InChI is InChI=1S/C17H23FN2S/c1-5-19-10-13-7-6-12(8-14(13)18)9-16-20-15(11-21-16)17(2,3)4/h6-8,11,19H,5,9-10H2,1-4H3. The zero-order chi connectivity index (χ0) is 15.5. The molecule has 0 amide bonds. The molecular weight excluding hydrogens is 283 g/mol. The molecule has 0 unspecified atom stereocenters. The molecule has 1 aromatic carbocycles. The summed E-state index contributed by atoms with van der Waals surface area (Å²) in [7, 11) is 0. The third-order valence-corrected chi connectivity index (χ3v) is 4.21. The van der Waals surface area contributed by atoms with Crippen molar-refractivity contribution in [3.63, 3.8) is 0 Å². The summed E-state index contributed by atoms with van der Waals surface area (Å²) in [5.41, 5.74) is 2.86. The van der Waals surface area contributed by atoms with Gasteiger partial charge < -0.3 is 5.32 Å². The minimum absolute atomic E-state index is 0.0652. The Kier molecular flexibility index (Phi) is 5.12. The third-order valence-electron chi connectivity index (χ3n) is 3.36. The Hall–Kier alpha value is -1.26. The van der Waals surface area contributed by atoms with E-state index < -0.39 is 0 Å². The first-order valence-electron chi connectivity index (χ1n) is 7.33. The number of hydrogen-bond donors (Lipinski definition) is 1. The maximum atomic E-state index is 14.0. The Bertz CT molecular complexity index is 599. The molecule has 0 fully saturated rings. The molecule has 21 heavy (non-hydrogen) atoms. The maximum Gasteiger partial charge on any atom is 0.127 e. The summed E-state index contributed by atoms with van der Waals surface area (Å²) in [6.07, 6.45) is 0.694. The average Bonchev–Trinajstić information content (AvgIpc) is 2.86. The van der Waals surface area contributed by atoms with Gasteiger partial charge in [0.25, 0.3) is 0 Å². The lowest BCUT2D eigenvalue weighted by atomic mass is 9.93. The van der Waals surface area contributed by atoms with Crippen molar-refractivity contribution in [3.05, 3.63) is 51.2 Å². The Balaban J connectivity index is 2.09. The number of nitrogens with one attached hydrogen (secondary N) is 1. The van der Waals surface area contributed by atoms with E-state index in [1.54, 1.807) is 17.4 Å². The lowest BCUT2D eigenvalue weighted by Gasteiger charge is -2.14. The van der Waals surface area contributed by atoms with Gasteiger partial charge in [-0.1, -0.05) is 39.8 Å². The molecule has 2 nitrogen and oxygen atoms in total. The zero-order valence-corrected chi connectivity index (χ0v) is 14.0. The third kappa shape index (κ3) is 4.35. The van der Waals surface area contributed by atoms with Gasteiger partial charge in [-0.15, -0.1) is 11.3 Å². The van der Waals surface area contributed by atoms with Gasteiger partial charge in [0.15, 0.2) is 0 Å². The first-order valence-corrected chi connectivity index (χ1v) is 8.21. The van der Waals surface area contributed by atoms with Crippen LogP contribution in [0.4, 0.5) is 4.39 Å². The van der Waals surface area contributed by atoms with Crippen molar-refractivity contribution in [2.45, 2.75) is 46.1 Å².